The number of benzene rings is 1. The van der Waals surface area contributed by atoms with Gasteiger partial charge in [0.05, 0.1) is 15.5 Å². The molecule has 0 aliphatic carbocycles. The fourth-order valence-electron chi connectivity index (χ4n) is 3.26. The number of halogens is 2. The zero-order valence-corrected chi connectivity index (χ0v) is 15.9. The molecule has 0 radical (unpaired) electrons. The van der Waals surface area contributed by atoms with Crippen molar-refractivity contribution in [1.29, 1.82) is 0 Å². The van der Waals surface area contributed by atoms with Crippen LogP contribution in [0.3, 0.4) is 0 Å². The average molecular weight is 397 g/mol. The summed E-state index contributed by atoms with van der Waals surface area (Å²) in [7, 11) is 0. The Morgan fingerprint density at radius 1 is 1.31 bits per heavy atom. The number of carboxylic acid groups (broad SMARTS) is 1. The van der Waals surface area contributed by atoms with Crippen LogP contribution in [0.4, 0.5) is 0 Å². The highest BCUT2D eigenvalue weighted by atomic mass is 35.5. The van der Waals surface area contributed by atoms with Crippen molar-refractivity contribution >= 4 is 35.1 Å². The van der Waals surface area contributed by atoms with Crippen molar-refractivity contribution in [1.82, 2.24) is 10.1 Å². The number of rotatable bonds is 3. The van der Waals surface area contributed by atoms with Gasteiger partial charge in [-0.2, -0.15) is 0 Å². The lowest BCUT2D eigenvalue weighted by Crippen LogP contribution is -2.48. The van der Waals surface area contributed by atoms with E-state index in [2.05, 4.69) is 5.16 Å². The Kier molecular flexibility index (Phi) is 4.99. The maximum atomic E-state index is 13.2. The second-order valence-electron chi connectivity index (χ2n) is 6.76. The van der Waals surface area contributed by atoms with Crippen LogP contribution in [-0.4, -0.2) is 40.1 Å². The molecule has 3 rings (SSSR count). The van der Waals surface area contributed by atoms with Crippen LogP contribution in [-0.2, 0) is 4.79 Å². The molecule has 1 aliphatic heterocycles. The number of amides is 1. The van der Waals surface area contributed by atoms with Gasteiger partial charge in [-0.05, 0) is 38.8 Å². The van der Waals surface area contributed by atoms with E-state index in [9.17, 15) is 14.7 Å². The van der Waals surface area contributed by atoms with Crippen molar-refractivity contribution in [2.45, 2.75) is 26.7 Å². The first-order valence-corrected chi connectivity index (χ1v) is 8.93. The zero-order chi connectivity index (χ0) is 19.1. The number of aryl methyl sites for hydroxylation is 1. The summed E-state index contributed by atoms with van der Waals surface area (Å²) in [6.45, 7) is 3.89. The number of nitrogens with zero attached hydrogens (tertiary/aromatic N) is 2. The first kappa shape index (κ1) is 18.7. The van der Waals surface area contributed by atoms with Gasteiger partial charge >= 0.3 is 5.97 Å². The summed E-state index contributed by atoms with van der Waals surface area (Å²) in [5.41, 5.74) is -0.0179. The maximum absolute atomic E-state index is 13.2. The van der Waals surface area contributed by atoms with E-state index in [-0.39, 0.29) is 23.7 Å². The summed E-state index contributed by atoms with van der Waals surface area (Å²) in [4.78, 5) is 26.3. The summed E-state index contributed by atoms with van der Waals surface area (Å²) >= 11 is 12.5. The van der Waals surface area contributed by atoms with E-state index in [0.717, 1.165) is 0 Å². The number of hydrogen-bond donors (Lipinski definition) is 1. The molecule has 1 aromatic carbocycles. The largest absolute Gasteiger partial charge is 0.481 e. The predicted molar refractivity (Wildman–Crippen MR) is 97.6 cm³/mol. The second-order valence-corrected chi connectivity index (χ2v) is 7.57. The first-order chi connectivity index (χ1) is 12.2. The van der Waals surface area contributed by atoms with Gasteiger partial charge in [0.15, 0.2) is 0 Å². The third-order valence-electron chi connectivity index (χ3n) is 4.78. The van der Waals surface area contributed by atoms with E-state index in [1.807, 2.05) is 0 Å². The Labute approximate surface area is 160 Å². The number of carboxylic acids is 1. The van der Waals surface area contributed by atoms with E-state index in [1.54, 1.807) is 32.0 Å². The monoisotopic (exact) mass is 396 g/mol. The molecule has 0 bridgehead atoms. The number of aliphatic carboxylic acids is 1. The molecular formula is C18H18Cl2N2O4. The van der Waals surface area contributed by atoms with Gasteiger partial charge in [0.1, 0.15) is 17.0 Å². The smallest absolute Gasteiger partial charge is 0.311 e. The van der Waals surface area contributed by atoms with Crippen molar-refractivity contribution in [2.75, 3.05) is 13.1 Å². The lowest BCUT2D eigenvalue weighted by Gasteiger charge is -2.37. The molecule has 1 atom stereocenters. The summed E-state index contributed by atoms with van der Waals surface area (Å²) in [6.07, 6.45) is 1.14. The van der Waals surface area contributed by atoms with Gasteiger partial charge in [0.25, 0.3) is 5.91 Å². The molecule has 1 fully saturated rings. The average Bonchev–Trinajstić information content (AvgIpc) is 2.95. The van der Waals surface area contributed by atoms with E-state index < -0.39 is 11.4 Å². The van der Waals surface area contributed by atoms with E-state index in [4.69, 9.17) is 27.7 Å². The van der Waals surface area contributed by atoms with Crippen LogP contribution in [0.15, 0.2) is 22.7 Å². The van der Waals surface area contributed by atoms with Crippen LogP contribution in [0.2, 0.25) is 10.0 Å². The normalized spacial score (nSPS) is 20.2. The molecule has 1 aliphatic rings. The highest BCUT2D eigenvalue weighted by Gasteiger charge is 2.40. The minimum absolute atomic E-state index is 0.126. The topological polar surface area (TPSA) is 83.6 Å². The minimum atomic E-state index is -0.971. The number of hydrogen-bond acceptors (Lipinski definition) is 4. The summed E-state index contributed by atoms with van der Waals surface area (Å²) in [5, 5.41) is 14.2. The molecule has 0 spiro atoms. The van der Waals surface area contributed by atoms with Crippen LogP contribution in [0.25, 0.3) is 11.3 Å². The zero-order valence-electron chi connectivity index (χ0n) is 14.4. The SMILES string of the molecule is Cc1onc(-c2c(Cl)cccc2Cl)c1C(=O)N1CCCC(C)(C(=O)O)C1. The highest BCUT2D eigenvalue weighted by molar-refractivity contribution is 6.39. The van der Waals surface area contributed by atoms with Crippen molar-refractivity contribution in [3.63, 3.8) is 0 Å². The van der Waals surface area contributed by atoms with Gasteiger partial charge in [-0.25, -0.2) is 0 Å². The quantitative estimate of drug-likeness (QED) is 0.836. The van der Waals surface area contributed by atoms with Gasteiger partial charge in [-0.15, -0.1) is 0 Å². The third-order valence-corrected chi connectivity index (χ3v) is 5.41. The van der Waals surface area contributed by atoms with Crippen LogP contribution >= 0.6 is 23.2 Å². The Balaban J connectivity index is 2.02. The predicted octanol–water partition coefficient (Wildman–Crippen LogP) is 4.28. The van der Waals surface area contributed by atoms with Crippen molar-refractivity contribution in [3.05, 3.63) is 39.6 Å². The molecule has 1 N–H and O–H groups in total. The fourth-order valence-corrected chi connectivity index (χ4v) is 3.84. The van der Waals surface area contributed by atoms with Gasteiger partial charge in [-0.3, -0.25) is 9.59 Å². The van der Waals surface area contributed by atoms with Crippen LogP contribution in [0.1, 0.15) is 35.9 Å². The summed E-state index contributed by atoms with van der Waals surface area (Å²) < 4.78 is 5.24. The van der Waals surface area contributed by atoms with E-state index in [1.165, 1.54) is 4.90 Å². The maximum Gasteiger partial charge on any atom is 0.311 e. The molecular weight excluding hydrogens is 379 g/mol. The van der Waals surface area contributed by atoms with Crippen LogP contribution in [0, 0.1) is 12.3 Å². The number of aromatic nitrogens is 1. The van der Waals surface area contributed by atoms with Crippen LogP contribution in [0.5, 0.6) is 0 Å². The molecule has 1 aromatic heterocycles. The number of piperidine rings is 1. The van der Waals surface area contributed by atoms with Crippen molar-refractivity contribution < 1.29 is 19.2 Å². The molecule has 2 aromatic rings. The number of carbonyl (C=O) groups excluding carboxylic acids is 1. The molecule has 138 valence electrons. The molecule has 1 saturated heterocycles. The Morgan fingerprint density at radius 2 is 1.96 bits per heavy atom. The fraction of sp³-hybridized carbons (Fsp3) is 0.389. The van der Waals surface area contributed by atoms with E-state index >= 15 is 0 Å². The van der Waals surface area contributed by atoms with Gasteiger partial charge in [0, 0.05) is 18.7 Å². The third kappa shape index (κ3) is 3.19. The molecule has 8 heteroatoms. The van der Waals surface area contributed by atoms with Crippen molar-refractivity contribution in [2.24, 2.45) is 5.41 Å². The molecule has 2 heterocycles. The number of likely N-dealkylation sites (tertiary alicyclic amines) is 1. The van der Waals surface area contributed by atoms with Crippen LogP contribution < -0.4 is 0 Å². The lowest BCUT2D eigenvalue weighted by atomic mass is 9.82. The van der Waals surface area contributed by atoms with Gasteiger partial charge < -0.3 is 14.5 Å². The second kappa shape index (κ2) is 6.93. The lowest BCUT2D eigenvalue weighted by molar-refractivity contribution is -0.150. The Bertz CT molecular complexity index is 860. The molecule has 6 nitrogen and oxygen atoms in total. The first-order valence-electron chi connectivity index (χ1n) is 8.18. The summed E-state index contributed by atoms with van der Waals surface area (Å²) in [6, 6.07) is 5.01. The molecule has 26 heavy (non-hydrogen) atoms. The summed E-state index contributed by atoms with van der Waals surface area (Å²) in [5.74, 6) is -0.906. The van der Waals surface area contributed by atoms with Gasteiger partial charge in [-0.1, -0.05) is 34.4 Å². The standard InChI is InChI=1S/C18H18Cl2N2O4/c1-10-13(15(21-26-10)14-11(19)5-3-6-12(14)20)16(23)22-8-4-7-18(2,9-22)17(24)25/h3,5-6H,4,7-9H2,1-2H3,(H,24,25). The minimum Gasteiger partial charge on any atom is -0.481 e. The molecule has 0 saturated carbocycles. The van der Waals surface area contributed by atoms with Gasteiger partial charge in [0.2, 0.25) is 0 Å². The Morgan fingerprint density at radius 3 is 2.58 bits per heavy atom. The molecule has 1 unspecified atom stereocenters. The Hall–Kier alpha value is -2.05. The highest BCUT2D eigenvalue weighted by Crippen LogP contribution is 2.38. The molecule has 1 amide bonds. The number of carbonyl (C=O) groups is 2. The van der Waals surface area contributed by atoms with E-state index in [0.29, 0.717) is 40.8 Å². The van der Waals surface area contributed by atoms with Crippen molar-refractivity contribution in [3.8, 4) is 11.3 Å².